The lowest BCUT2D eigenvalue weighted by Gasteiger charge is -2.07. The van der Waals surface area contributed by atoms with E-state index in [2.05, 4.69) is 12.1 Å². The van der Waals surface area contributed by atoms with E-state index < -0.39 is 0 Å². The van der Waals surface area contributed by atoms with Crippen LogP contribution in [0.2, 0.25) is 0 Å². The predicted octanol–water partition coefficient (Wildman–Crippen LogP) is 5.39. The summed E-state index contributed by atoms with van der Waals surface area (Å²) in [6.07, 6.45) is 0. The average molecular weight is 322 g/mol. The molecule has 0 atom stereocenters. The molecule has 1 aromatic heterocycles. The van der Waals surface area contributed by atoms with Gasteiger partial charge in [0, 0.05) is 5.56 Å². The van der Waals surface area contributed by atoms with Crippen molar-refractivity contribution in [2.24, 2.45) is 0 Å². The van der Waals surface area contributed by atoms with Gasteiger partial charge in [0.05, 0.1) is 0 Å². The largest absolute Gasteiger partial charge is 0.457 e. The van der Waals surface area contributed by atoms with E-state index in [0.29, 0.717) is 11.5 Å². The first-order valence-corrected chi connectivity index (χ1v) is 8.38. The molecule has 0 radical (unpaired) electrons. The molecule has 0 saturated heterocycles. The molecule has 0 bridgehead atoms. The van der Waals surface area contributed by atoms with Crippen molar-refractivity contribution in [3.8, 4) is 11.1 Å². The maximum absolute atomic E-state index is 12.4. The van der Waals surface area contributed by atoms with E-state index in [1.165, 1.54) is 22.5 Å². The van der Waals surface area contributed by atoms with Crippen molar-refractivity contribution in [3.05, 3.63) is 81.5 Å². The summed E-state index contributed by atoms with van der Waals surface area (Å²) in [6, 6.07) is 18.1. The number of thiophene rings is 1. The van der Waals surface area contributed by atoms with Gasteiger partial charge in [0.2, 0.25) is 0 Å². The topological polar surface area (TPSA) is 26.3 Å². The average Bonchev–Trinajstić information content (AvgIpc) is 3.04. The number of carbonyl (C=O) groups is 1. The van der Waals surface area contributed by atoms with Gasteiger partial charge in [0.25, 0.3) is 0 Å². The second kappa shape index (κ2) is 6.80. The minimum atomic E-state index is -0.267. The van der Waals surface area contributed by atoms with Crippen LogP contribution in [0.3, 0.4) is 0 Å². The standard InChI is InChI=1S/C20H18O2S/c1-14-3-7-16(8-4-14)13-22-20(21)19-18(11-12-23-19)17-9-5-15(2)6-10-17/h3-12H,13H2,1-2H3. The first kappa shape index (κ1) is 15.5. The molecule has 3 aromatic rings. The normalized spacial score (nSPS) is 10.5. The number of hydrogen-bond donors (Lipinski definition) is 0. The number of aryl methyl sites for hydroxylation is 2. The summed E-state index contributed by atoms with van der Waals surface area (Å²) in [7, 11) is 0. The Kier molecular flexibility index (Phi) is 4.58. The molecule has 0 fully saturated rings. The smallest absolute Gasteiger partial charge is 0.349 e. The van der Waals surface area contributed by atoms with E-state index in [1.807, 2.05) is 61.7 Å². The van der Waals surface area contributed by atoms with Crippen LogP contribution < -0.4 is 0 Å². The van der Waals surface area contributed by atoms with Crippen molar-refractivity contribution >= 4 is 17.3 Å². The Hall–Kier alpha value is -2.39. The molecular weight excluding hydrogens is 304 g/mol. The highest BCUT2D eigenvalue weighted by molar-refractivity contribution is 7.12. The third-order valence-electron chi connectivity index (χ3n) is 3.70. The summed E-state index contributed by atoms with van der Waals surface area (Å²) in [4.78, 5) is 13.0. The molecule has 3 rings (SSSR count). The van der Waals surface area contributed by atoms with Crippen LogP contribution in [0.4, 0.5) is 0 Å². The van der Waals surface area contributed by atoms with Gasteiger partial charge in [-0.25, -0.2) is 4.79 Å². The van der Waals surface area contributed by atoms with Gasteiger partial charge < -0.3 is 4.74 Å². The van der Waals surface area contributed by atoms with E-state index in [-0.39, 0.29) is 5.97 Å². The fourth-order valence-corrected chi connectivity index (χ4v) is 3.13. The Morgan fingerprint density at radius 2 is 1.52 bits per heavy atom. The lowest BCUT2D eigenvalue weighted by atomic mass is 10.1. The van der Waals surface area contributed by atoms with Crippen molar-refractivity contribution in [2.45, 2.75) is 20.5 Å². The lowest BCUT2D eigenvalue weighted by Crippen LogP contribution is -2.04. The van der Waals surface area contributed by atoms with Crippen molar-refractivity contribution in [2.75, 3.05) is 0 Å². The zero-order valence-electron chi connectivity index (χ0n) is 13.2. The van der Waals surface area contributed by atoms with Crippen LogP contribution in [0.5, 0.6) is 0 Å². The summed E-state index contributed by atoms with van der Waals surface area (Å²) in [5.41, 5.74) is 5.37. The number of esters is 1. The molecule has 23 heavy (non-hydrogen) atoms. The van der Waals surface area contributed by atoms with E-state index in [9.17, 15) is 4.79 Å². The Labute approximate surface area is 140 Å². The van der Waals surface area contributed by atoms with Crippen molar-refractivity contribution in [1.82, 2.24) is 0 Å². The fraction of sp³-hybridized carbons (Fsp3) is 0.150. The monoisotopic (exact) mass is 322 g/mol. The quantitative estimate of drug-likeness (QED) is 0.602. The summed E-state index contributed by atoms with van der Waals surface area (Å²) >= 11 is 1.42. The molecular formula is C20H18O2S. The fourth-order valence-electron chi connectivity index (χ4n) is 2.33. The molecule has 2 aromatic carbocycles. The predicted molar refractivity (Wildman–Crippen MR) is 94.8 cm³/mol. The van der Waals surface area contributed by atoms with E-state index in [0.717, 1.165) is 16.7 Å². The molecule has 0 N–H and O–H groups in total. The third kappa shape index (κ3) is 3.69. The van der Waals surface area contributed by atoms with Crippen LogP contribution in [0.15, 0.2) is 60.0 Å². The number of ether oxygens (including phenoxy) is 1. The molecule has 0 aliphatic carbocycles. The maximum atomic E-state index is 12.4. The number of carbonyl (C=O) groups excluding carboxylic acids is 1. The first-order chi connectivity index (χ1) is 11.1. The van der Waals surface area contributed by atoms with Crippen LogP contribution in [0, 0.1) is 13.8 Å². The molecule has 0 aliphatic rings. The molecule has 0 spiro atoms. The molecule has 1 heterocycles. The van der Waals surface area contributed by atoms with Crippen LogP contribution >= 0.6 is 11.3 Å². The zero-order valence-corrected chi connectivity index (χ0v) is 14.0. The number of hydrogen-bond acceptors (Lipinski definition) is 3. The molecule has 0 unspecified atom stereocenters. The summed E-state index contributed by atoms with van der Waals surface area (Å²) in [6.45, 7) is 4.38. The highest BCUT2D eigenvalue weighted by Gasteiger charge is 2.16. The Bertz CT molecular complexity index is 798. The lowest BCUT2D eigenvalue weighted by molar-refractivity contribution is 0.0479. The van der Waals surface area contributed by atoms with Gasteiger partial charge in [-0.05, 0) is 36.4 Å². The van der Waals surface area contributed by atoms with Crippen LogP contribution in [-0.4, -0.2) is 5.97 Å². The Morgan fingerprint density at radius 3 is 2.17 bits per heavy atom. The van der Waals surface area contributed by atoms with Gasteiger partial charge >= 0.3 is 5.97 Å². The van der Waals surface area contributed by atoms with Crippen LogP contribution in [0.25, 0.3) is 11.1 Å². The minimum Gasteiger partial charge on any atom is -0.457 e. The van der Waals surface area contributed by atoms with Gasteiger partial charge in [-0.1, -0.05) is 59.7 Å². The number of benzene rings is 2. The van der Waals surface area contributed by atoms with Gasteiger partial charge in [0.1, 0.15) is 11.5 Å². The second-order valence-electron chi connectivity index (χ2n) is 5.59. The van der Waals surface area contributed by atoms with Gasteiger partial charge in [-0.3, -0.25) is 0 Å². The van der Waals surface area contributed by atoms with Crippen molar-refractivity contribution in [3.63, 3.8) is 0 Å². The number of rotatable bonds is 4. The first-order valence-electron chi connectivity index (χ1n) is 7.51. The molecule has 0 saturated carbocycles. The van der Waals surface area contributed by atoms with Gasteiger partial charge in [0.15, 0.2) is 0 Å². The molecule has 0 aliphatic heterocycles. The van der Waals surface area contributed by atoms with Crippen molar-refractivity contribution in [1.29, 1.82) is 0 Å². The highest BCUT2D eigenvalue weighted by Crippen LogP contribution is 2.29. The van der Waals surface area contributed by atoms with Crippen LogP contribution in [-0.2, 0) is 11.3 Å². The van der Waals surface area contributed by atoms with Gasteiger partial charge in [-0.2, -0.15) is 0 Å². The molecule has 2 nitrogen and oxygen atoms in total. The van der Waals surface area contributed by atoms with E-state index in [1.54, 1.807) is 0 Å². The Morgan fingerprint density at radius 1 is 0.913 bits per heavy atom. The van der Waals surface area contributed by atoms with E-state index in [4.69, 9.17) is 4.74 Å². The highest BCUT2D eigenvalue weighted by atomic mass is 32.1. The second-order valence-corrected chi connectivity index (χ2v) is 6.51. The van der Waals surface area contributed by atoms with Crippen molar-refractivity contribution < 1.29 is 9.53 Å². The van der Waals surface area contributed by atoms with E-state index >= 15 is 0 Å². The Balaban J connectivity index is 1.74. The summed E-state index contributed by atoms with van der Waals surface area (Å²) < 4.78 is 5.47. The minimum absolute atomic E-state index is 0.267. The van der Waals surface area contributed by atoms with Crippen LogP contribution in [0.1, 0.15) is 26.4 Å². The SMILES string of the molecule is Cc1ccc(COC(=O)c2sccc2-c2ccc(C)cc2)cc1. The summed E-state index contributed by atoms with van der Waals surface area (Å²) in [5, 5.41) is 1.93. The molecule has 0 amide bonds. The van der Waals surface area contributed by atoms with Gasteiger partial charge in [-0.15, -0.1) is 11.3 Å². The maximum Gasteiger partial charge on any atom is 0.349 e. The zero-order chi connectivity index (χ0) is 16.2. The molecule has 116 valence electrons. The molecule has 3 heteroatoms. The summed E-state index contributed by atoms with van der Waals surface area (Å²) in [5.74, 6) is -0.267. The third-order valence-corrected chi connectivity index (χ3v) is 4.60.